The molecule has 0 atom stereocenters. The molecule has 4 aromatic rings. The zero-order valence-electron chi connectivity index (χ0n) is 26.1. The van der Waals surface area contributed by atoms with Crippen LogP contribution >= 0.6 is 0 Å². The Morgan fingerprint density at radius 2 is 1.67 bits per heavy atom. The van der Waals surface area contributed by atoms with Crippen LogP contribution in [0.2, 0.25) is 0 Å². The van der Waals surface area contributed by atoms with Gasteiger partial charge in [-0.05, 0) is 76.3 Å². The number of piperazine rings is 1. The van der Waals surface area contributed by atoms with Crippen molar-refractivity contribution in [3.63, 3.8) is 0 Å². The summed E-state index contributed by atoms with van der Waals surface area (Å²) in [6, 6.07) is 12.7. The number of urea groups is 1. The molecule has 2 aliphatic rings. The Morgan fingerprint density at radius 1 is 0.956 bits per heavy atom. The van der Waals surface area contributed by atoms with E-state index in [1.54, 1.807) is 36.4 Å². The standard InChI is InChI=1S/C33H39FN8O3/c1-5-40-13-12-26-29(40)37-28(38-30(26)41-16-18-45-19-17-41)25-11-10-24(20-27(25)34)36-32(44)35-23-8-6-22(7-9-23)31(43)42-15-14-39(4)33(2,3)21-42/h6-13,20H,5,14-19,21H2,1-4H3,(H2,35,36,44). The minimum atomic E-state index is -0.551. The summed E-state index contributed by atoms with van der Waals surface area (Å²) < 4.78 is 23.0. The van der Waals surface area contributed by atoms with Crippen molar-refractivity contribution in [2.24, 2.45) is 0 Å². The van der Waals surface area contributed by atoms with Gasteiger partial charge in [-0.1, -0.05) is 0 Å². The highest BCUT2D eigenvalue weighted by Gasteiger charge is 2.33. The van der Waals surface area contributed by atoms with Gasteiger partial charge in [-0.2, -0.15) is 0 Å². The molecule has 0 unspecified atom stereocenters. The number of morpholine rings is 1. The maximum atomic E-state index is 15.5. The predicted octanol–water partition coefficient (Wildman–Crippen LogP) is 4.90. The lowest BCUT2D eigenvalue weighted by Gasteiger charge is -2.45. The number of amides is 3. The van der Waals surface area contributed by atoms with E-state index >= 15 is 4.39 Å². The number of carbonyl (C=O) groups excluding carboxylic acids is 2. The number of aryl methyl sites for hydroxylation is 1. The quantitative estimate of drug-likeness (QED) is 0.318. The van der Waals surface area contributed by atoms with Crippen LogP contribution in [0.5, 0.6) is 0 Å². The molecule has 6 rings (SSSR count). The van der Waals surface area contributed by atoms with E-state index in [0.717, 1.165) is 29.9 Å². The minimum absolute atomic E-state index is 0.0363. The van der Waals surface area contributed by atoms with Crippen molar-refractivity contribution in [1.29, 1.82) is 0 Å². The van der Waals surface area contributed by atoms with Crippen molar-refractivity contribution in [1.82, 2.24) is 24.3 Å². The number of ether oxygens (including phenoxy) is 1. The van der Waals surface area contributed by atoms with Gasteiger partial charge in [0.2, 0.25) is 0 Å². The van der Waals surface area contributed by atoms with Crippen LogP contribution in [0.3, 0.4) is 0 Å². The molecule has 2 aromatic heterocycles. The third-order valence-electron chi connectivity index (χ3n) is 8.71. The maximum Gasteiger partial charge on any atom is 0.323 e. The van der Waals surface area contributed by atoms with Crippen LogP contribution < -0.4 is 15.5 Å². The molecule has 2 fully saturated rings. The second-order valence-corrected chi connectivity index (χ2v) is 12.1. The number of nitrogens with zero attached hydrogens (tertiary/aromatic N) is 6. The number of benzene rings is 2. The fourth-order valence-electron chi connectivity index (χ4n) is 5.80. The fraction of sp³-hybridized carbons (Fsp3) is 0.394. The number of likely N-dealkylation sites (N-methyl/N-ethyl adjacent to an activating group) is 1. The first-order chi connectivity index (χ1) is 21.6. The van der Waals surface area contributed by atoms with Crippen molar-refractivity contribution >= 4 is 40.2 Å². The molecule has 0 radical (unpaired) electrons. The summed E-state index contributed by atoms with van der Waals surface area (Å²) in [6.07, 6.45) is 1.97. The topological polar surface area (TPSA) is 108 Å². The van der Waals surface area contributed by atoms with E-state index in [1.807, 2.05) is 28.7 Å². The van der Waals surface area contributed by atoms with Gasteiger partial charge in [-0.25, -0.2) is 19.2 Å². The Morgan fingerprint density at radius 3 is 2.36 bits per heavy atom. The largest absolute Gasteiger partial charge is 0.378 e. The van der Waals surface area contributed by atoms with Crippen LogP contribution in [0, 0.1) is 5.82 Å². The molecule has 2 N–H and O–H groups in total. The first-order valence-corrected chi connectivity index (χ1v) is 15.3. The number of anilines is 3. The van der Waals surface area contributed by atoms with Gasteiger partial charge < -0.3 is 29.7 Å². The van der Waals surface area contributed by atoms with E-state index in [-0.39, 0.29) is 28.5 Å². The van der Waals surface area contributed by atoms with E-state index in [0.29, 0.717) is 50.6 Å². The van der Waals surface area contributed by atoms with Gasteiger partial charge in [-0.3, -0.25) is 9.69 Å². The Kier molecular flexibility index (Phi) is 8.43. The lowest BCUT2D eigenvalue weighted by Crippen LogP contribution is -2.58. The molecule has 2 saturated heterocycles. The number of hydrogen-bond donors (Lipinski definition) is 2. The zero-order valence-corrected chi connectivity index (χ0v) is 26.1. The number of fused-ring (bicyclic) bond motifs is 1. The summed E-state index contributed by atoms with van der Waals surface area (Å²) in [4.78, 5) is 41.6. The molecule has 0 saturated carbocycles. The van der Waals surface area contributed by atoms with Crippen molar-refractivity contribution in [3.8, 4) is 11.4 Å². The van der Waals surface area contributed by atoms with Crippen molar-refractivity contribution in [3.05, 3.63) is 66.1 Å². The normalized spacial score (nSPS) is 17.0. The van der Waals surface area contributed by atoms with E-state index in [9.17, 15) is 9.59 Å². The van der Waals surface area contributed by atoms with Crippen LogP contribution in [0.15, 0.2) is 54.7 Å². The molecule has 45 heavy (non-hydrogen) atoms. The van der Waals surface area contributed by atoms with Crippen molar-refractivity contribution in [2.75, 3.05) is 68.5 Å². The Labute approximate surface area is 262 Å². The second-order valence-electron chi connectivity index (χ2n) is 12.1. The number of hydrogen-bond acceptors (Lipinski definition) is 7. The zero-order chi connectivity index (χ0) is 31.7. The molecule has 0 aliphatic carbocycles. The van der Waals surface area contributed by atoms with Gasteiger partial charge in [0.1, 0.15) is 17.3 Å². The lowest BCUT2D eigenvalue weighted by atomic mass is 9.99. The predicted molar refractivity (Wildman–Crippen MR) is 173 cm³/mol. The third kappa shape index (κ3) is 6.34. The van der Waals surface area contributed by atoms with Crippen LogP contribution in [0.25, 0.3) is 22.4 Å². The van der Waals surface area contributed by atoms with E-state index in [1.165, 1.54) is 6.07 Å². The average Bonchev–Trinajstić information content (AvgIpc) is 3.45. The van der Waals surface area contributed by atoms with E-state index in [4.69, 9.17) is 14.7 Å². The van der Waals surface area contributed by atoms with Gasteiger partial charge in [0.15, 0.2) is 5.82 Å². The van der Waals surface area contributed by atoms with Crippen molar-refractivity contribution < 1.29 is 18.7 Å². The summed E-state index contributed by atoms with van der Waals surface area (Å²) in [5, 5.41) is 6.34. The summed E-state index contributed by atoms with van der Waals surface area (Å²) in [7, 11) is 2.07. The van der Waals surface area contributed by atoms with E-state index < -0.39 is 11.8 Å². The molecule has 2 aliphatic heterocycles. The van der Waals surface area contributed by atoms with Crippen LogP contribution in [0.1, 0.15) is 31.1 Å². The first kappa shape index (κ1) is 30.5. The number of rotatable bonds is 6. The molecule has 3 amide bonds. The number of nitrogens with one attached hydrogen (secondary N) is 2. The Hall–Kier alpha value is -4.55. The highest BCUT2D eigenvalue weighted by molar-refractivity contribution is 6.00. The second kappa shape index (κ2) is 12.4. The van der Waals surface area contributed by atoms with Crippen LogP contribution in [-0.2, 0) is 11.3 Å². The van der Waals surface area contributed by atoms with Gasteiger partial charge >= 0.3 is 6.03 Å². The Bertz CT molecular complexity index is 1720. The third-order valence-corrected chi connectivity index (χ3v) is 8.71. The summed E-state index contributed by atoms with van der Waals surface area (Å²) in [5.41, 5.74) is 2.23. The maximum absolute atomic E-state index is 15.5. The smallest absolute Gasteiger partial charge is 0.323 e. The number of halogens is 1. The average molecular weight is 615 g/mol. The minimum Gasteiger partial charge on any atom is -0.378 e. The molecule has 0 bridgehead atoms. The Balaban J connectivity index is 1.14. The van der Waals surface area contributed by atoms with Gasteiger partial charge in [0, 0.05) is 67.9 Å². The monoisotopic (exact) mass is 614 g/mol. The van der Waals surface area contributed by atoms with Gasteiger partial charge in [0.25, 0.3) is 5.91 Å². The van der Waals surface area contributed by atoms with Gasteiger partial charge in [-0.15, -0.1) is 0 Å². The molecule has 4 heterocycles. The molecular formula is C33H39FN8O3. The van der Waals surface area contributed by atoms with E-state index in [2.05, 4.69) is 41.3 Å². The lowest BCUT2D eigenvalue weighted by molar-refractivity contribution is 0.0311. The van der Waals surface area contributed by atoms with Crippen LogP contribution in [-0.4, -0.2) is 94.8 Å². The highest BCUT2D eigenvalue weighted by Crippen LogP contribution is 2.31. The molecule has 2 aromatic carbocycles. The summed E-state index contributed by atoms with van der Waals surface area (Å²) in [6.45, 7) is 11.7. The van der Waals surface area contributed by atoms with Crippen molar-refractivity contribution in [2.45, 2.75) is 32.9 Å². The first-order valence-electron chi connectivity index (χ1n) is 15.3. The molecule has 12 heteroatoms. The SMILES string of the molecule is CCn1ccc2c(N3CCOCC3)nc(-c3ccc(NC(=O)Nc4ccc(C(=O)N5CCN(C)C(C)(C)C5)cc4)cc3F)nc21. The fourth-order valence-corrected chi connectivity index (χ4v) is 5.80. The number of aromatic nitrogens is 3. The molecule has 236 valence electrons. The molecule has 0 spiro atoms. The van der Waals surface area contributed by atoms with Crippen LogP contribution in [0.4, 0.5) is 26.4 Å². The highest BCUT2D eigenvalue weighted by atomic mass is 19.1. The molecular weight excluding hydrogens is 575 g/mol. The molecule has 11 nitrogen and oxygen atoms in total. The number of carbonyl (C=O) groups is 2. The summed E-state index contributed by atoms with van der Waals surface area (Å²) in [5.74, 6) is 0.447. The summed E-state index contributed by atoms with van der Waals surface area (Å²) >= 11 is 0. The van der Waals surface area contributed by atoms with Gasteiger partial charge in [0.05, 0.1) is 24.2 Å².